The second-order valence-corrected chi connectivity index (χ2v) is 2.65. The van der Waals surface area contributed by atoms with E-state index in [2.05, 4.69) is 10.0 Å². The molecule has 1 aromatic rings. The Kier molecular flexibility index (Phi) is 3.20. The maximum absolute atomic E-state index is 13.4. The number of carbonyl (C=O) groups excluding carboxylic acids is 1. The molecule has 0 unspecified atom stereocenters. The first-order chi connectivity index (χ1) is 7.07. The first-order valence-electron chi connectivity index (χ1n) is 3.85. The molecule has 2 N–H and O–H groups in total. The Hall–Kier alpha value is -2.14. The van der Waals surface area contributed by atoms with Crippen LogP contribution < -0.4 is 5.73 Å². The van der Waals surface area contributed by atoms with Crippen LogP contribution in [0.25, 0.3) is 10.4 Å². The first kappa shape index (κ1) is 10.9. The first-order valence-corrected chi connectivity index (χ1v) is 3.85. The Morgan fingerprint density at radius 1 is 1.53 bits per heavy atom. The van der Waals surface area contributed by atoms with Crippen molar-refractivity contribution in [2.45, 2.75) is 6.54 Å². The van der Waals surface area contributed by atoms with Gasteiger partial charge in [0.25, 0.3) is 5.91 Å². The van der Waals surface area contributed by atoms with Gasteiger partial charge in [-0.1, -0.05) is 11.2 Å². The lowest BCUT2D eigenvalue weighted by Crippen LogP contribution is -2.16. The van der Waals surface area contributed by atoms with Crippen LogP contribution in [0.5, 0.6) is 0 Å². The Morgan fingerprint density at radius 2 is 2.20 bits per heavy atom. The highest BCUT2D eigenvalue weighted by atomic mass is 19.1. The molecular formula is C8H6F2N4O. The lowest BCUT2D eigenvalue weighted by Gasteiger charge is -2.04. The van der Waals surface area contributed by atoms with Crippen LogP contribution in [0, 0.1) is 11.6 Å². The highest BCUT2D eigenvalue weighted by Crippen LogP contribution is 2.17. The number of nitrogens with two attached hydrogens (primary N) is 1. The largest absolute Gasteiger partial charge is 0.365 e. The summed E-state index contributed by atoms with van der Waals surface area (Å²) in [6.45, 7) is -0.303. The molecule has 15 heavy (non-hydrogen) atoms. The molecule has 0 radical (unpaired) electrons. The highest BCUT2D eigenvalue weighted by Gasteiger charge is 2.17. The number of hydrogen-bond donors (Lipinski definition) is 1. The van der Waals surface area contributed by atoms with Gasteiger partial charge in [-0.2, -0.15) is 0 Å². The molecule has 0 fully saturated rings. The number of amides is 1. The van der Waals surface area contributed by atoms with Gasteiger partial charge in [0.2, 0.25) is 0 Å². The van der Waals surface area contributed by atoms with Crippen molar-refractivity contribution in [3.05, 3.63) is 45.3 Å². The highest BCUT2D eigenvalue weighted by molar-refractivity contribution is 5.93. The molecule has 0 bridgehead atoms. The Bertz CT molecular complexity index is 454. The third-order valence-electron chi connectivity index (χ3n) is 1.72. The van der Waals surface area contributed by atoms with Crippen LogP contribution in [0.3, 0.4) is 0 Å². The van der Waals surface area contributed by atoms with Crippen LogP contribution in [0.1, 0.15) is 15.9 Å². The zero-order valence-electron chi connectivity index (χ0n) is 7.44. The second kappa shape index (κ2) is 4.39. The van der Waals surface area contributed by atoms with Gasteiger partial charge >= 0.3 is 0 Å². The fraction of sp³-hybridized carbons (Fsp3) is 0.125. The van der Waals surface area contributed by atoms with Gasteiger partial charge in [0.15, 0.2) is 0 Å². The summed E-state index contributed by atoms with van der Waals surface area (Å²) >= 11 is 0. The zero-order valence-corrected chi connectivity index (χ0v) is 7.44. The van der Waals surface area contributed by atoms with E-state index in [1.807, 2.05) is 0 Å². The summed E-state index contributed by atoms with van der Waals surface area (Å²) in [6, 6.07) is 1.98. The molecule has 0 saturated carbocycles. The maximum Gasteiger partial charge on any atom is 0.254 e. The Morgan fingerprint density at radius 3 is 2.73 bits per heavy atom. The van der Waals surface area contributed by atoms with Gasteiger partial charge in [-0.15, -0.1) is 0 Å². The fourth-order valence-electron chi connectivity index (χ4n) is 1.05. The van der Waals surface area contributed by atoms with Crippen LogP contribution >= 0.6 is 0 Å². The van der Waals surface area contributed by atoms with Crippen LogP contribution in [-0.2, 0) is 6.54 Å². The molecular weight excluding hydrogens is 206 g/mol. The van der Waals surface area contributed by atoms with E-state index in [0.29, 0.717) is 0 Å². The molecule has 7 heteroatoms. The summed E-state index contributed by atoms with van der Waals surface area (Å²) < 4.78 is 26.3. The zero-order chi connectivity index (χ0) is 11.4. The third-order valence-corrected chi connectivity index (χ3v) is 1.72. The molecule has 1 rings (SSSR count). The summed E-state index contributed by atoms with van der Waals surface area (Å²) in [7, 11) is 0. The van der Waals surface area contributed by atoms with Gasteiger partial charge < -0.3 is 5.73 Å². The van der Waals surface area contributed by atoms with E-state index < -0.39 is 23.1 Å². The van der Waals surface area contributed by atoms with E-state index in [9.17, 15) is 13.6 Å². The van der Waals surface area contributed by atoms with Crippen LogP contribution in [0.2, 0.25) is 0 Å². The van der Waals surface area contributed by atoms with E-state index in [-0.39, 0.29) is 12.1 Å². The van der Waals surface area contributed by atoms with Crippen molar-refractivity contribution in [3.63, 3.8) is 0 Å². The number of primary amides is 1. The molecule has 0 aliphatic carbocycles. The molecule has 78 valence electrons. The standard InChI is InChI=1S/C8H6F2N4O/c9-5-2-1-4(3-13-14-12)7(10)6(5)8(11)15/h1-2H,3H2,(H2,11,15). The third kappa shape index (κ3) is 2.21. The van der Waals surface area contributed by atoms with Crippen molar-refractivity contribution >= 4 is 5.91 Å². The van der Waals surface area contributed by atoms with Crippen LogP contribution in [-0.4, -0.2) is 5.91 Å². The van der Waals surface area contributed by atoms with Crippen LogP contribution in [0.15, 0.2) is 17.2 Å². The van der Waals surface area contributed by atoms with Gasteiger partial charge in [-0.25, -0.2) is 8.78 Å². The number of azide groups is 1. The average molecular weight is 212 g/mol. The number of hydrogen-bond acceptors (Lipinski definition) is 2. The maximum atomic E-state index is 13.4. The number of benzene rings is 1. The summed E-state index contributed by atoms with van der Waals surface area (Å²) in [6.07, 6.45) is 0. The van der Waals surface area contributed by atoms with Gasteiger partial charge in [0.1, 0.15) is 17.2 Å². The monoisotopic (exact) mass is 212 g/mol. The number of nitrogens with zero attached hydrogens (tertiary/aromatic N) is 3. The quantitative estimate of drug-likeness (QED) is 0.462. The molecule has 0 heterocycles. The predicted octanol–water partition coefficient (Wildman–Crippen LogP) is 1.87. The van der Waals surface area contributed by atoms with Gasteiger partial charge in [-0.3, -0.25) is 4.79 Å². The molecule has 0 aromatic heterocycles. The van der Waals surface area contributed by atoms with E-state index in [0.717, 1.165) is 12.1 Å². The summed E-state index contributed by atoms with van der Waals surface area (Å²) in [5, 5.41) is 3.10. The Balaban J connectivity index is 3.27. The van der Waals surface area contributed by atoms with Crippen molar-refractivity contribution in [3.8, 4) is 0 Å². The van der Waals surface area contributed by atoms with E-state index in [1.54, 1.807) is 0 Å². The molecule has 0 aliphatic heterocycles. The van der Waals surface area contributed by atoms with Crippen molar-refractivity contribution in [1.82, 2.24) is 0 Å². The van der Waals surface area contributed by atoms with E-state index in [4.69, 9.17) is 11.3 Å². The van der Waals surface area contributed by atoms with E-state index >= 15 is 0 Å². The van der Waals surface area contributed by atoms with Crippen molar-refractivity contribution in [2.24, 2.45) is 10.8 Å². The average Bonchev–Trinajstić information content (AvgIpc) is 2.16. The SMILES string of the molecule is [N-]=[N+]=NCc1ccc(F)c(C(N)=O)c1F. The molecule has 1 aromatic carbocycles. The number of halogens is 2. The lowest BCUT2D eigenvalue weighted by molar-refractivity contribution is 0.0992. The summed E-state index contributed by atoms with van der Waals surface area (Å²) in [5.74, 6) is -3.33. The minimum absolute atomic E-state index is 0.0806. The normalized spacial score (nSPS) is 9.47. The minimum Gasteiger partial charge on any atom is -0.365 e. The fourth-order valence-corrected chi connectivity index (χ4v) is 1.05. The van der Waals surface area contributed by atoms with Crippen LogP contribution in [0.4, 0.5) is 8.78 Å². The number of carbonyl (C=O) groups is 1. The molecule has 0 spiro atoms. The predicted molar refractivity (Wildman–Crippen MR) is 47.7 cm³/mol. The lowest BCUT2D eigenvalue weighted by atomic mass is 10.1. The van der Waals surface area contributed by atoms with Gasteiger partial charge in [-0.05, 0) is 17.2 Å². The molecule has 0 saturated heterocycles. The Labute approximate surface area is 83.1 Å². The van der Waals surface area contributed by atoms with Crippen molar-refractivity contribution in [2.75, 3.05) is 0 Å². The minimum atomic E-state index is -1.20. The molecule has 1 amide bonds. The molecule has 0 atom stereocenters. The summed E-state index contributed by atoms with van der Waals surface area (Å²) in [5.41, 5.74) is 11.9. The number of rotatable bonds is 3. The van der Waals surface area contributed by atoms with Crippen molar-refractivity contribution in [1.29, 1.82) is 0 Å². The molecule has 5 nitrogen and oxygen atoms in total. The summed E-state index contributed by atoms with van der Waals surface area (Å²) in [4.78, 5) is 13.1. The second-order valence-electron chi connectivity index (χ2n) is 2.65. The van der Waals surface area contributed by atoms with E-state index in [1.165, 1.54) is 0 Å². The smallest absolute Gasteiger partial charge is 0.254 e. The van der Waals surface area contributed by atoms with Crippen molar-refractivity contribution < 1.29 is 13.6 Å². The topological polar surface area (TPSA) is 91.8 Å². The van der Waals surface area contributed by atoms with Gasteiger partial charge in [0.05, 0.1) is 6.54 Å². The molecule has 0 aliphatic rings. The van der Waals surface area contributed by atoms with Gasteiger partial charge in [0, 0.05) is 4.91 Å².